The summed E-state index contributed by atoms with van der Waals surface area (Å²) in [4.78, 5) is 45.5. The Morgan fingerprint density at radius 1 is 1.14 bits per heavy atom. The number of rotatable bonds is 2. The lowest BCUT2D eigenvalue weighted by Crippen LogP contribution is -2.48. The van der Waals surface area contributed by atoms with Crippen LogP contribution in [0.5, 0.6) is 5.75 Å². The van der Waals surface area contributed by atoms with Gasteiger partial charge in [-0.05, 0) is 49.1 Å². The van der Waals surface area contributed by atoms with E-state index in [2.05, 4.69) is 15.6 Å². The zero-order valence-electron chi connectivity index (χ0n) is 21.0. The zero-order chi connectivity index (χ0) is 26.4. The number of para-hydroxylation sites is 1. The number of halogens is 1. The molecule has 3 aromatic rings. The highest BCUT2D eigenvalue weighted by atomic mass is 35.5. The number of carbonyl (C=O) groups is 3. The number of nitrogens with one attached hydrogen (secondary N) is 2. The fourth-order valence-electron chi connectivity index (χ4n) is 4.24. The third-order valence-electron chi connectivity index (χ3n) is 6.38. The van der Waals surface area contributed by atoms with E-state index in [1.165, 1.54) is 0 Å². The van der Waals surface area contributed by atoms with Gasteiger partial charge < -0.3 is 20.3 Å². The molecule has 0 saturated carbocycles. The molecule has 2 heterocycles. The van der Waals surface area contributed by atoms with Crippen molar-refractivity contribution in [1.82, 2.24) is 20.5 Å². The van der Waals surface area contributed by atoms with Crippen molar-refractivity contribution in [3.8, 4) is 5.75 Å². The minimum Gasteiger partial charge on any atom is -0.491 e. The molecule has 9 heteroatoms. The van der Waals surface area contributed by atoms with Crippen molar-refractivity contribution in [2.45, 2.75) is 32.7 Å². The third-order valence-corrected chi connectivity index (χ3v) is 6.62. The highest BCUT2D eigenvalue weighted by molar-refractivity contribution is 6.31. The summed E-state index contributed by atoms with van der Waals surface area (Å²) in [5.74, 6) is -0.365. The van der Waals surface area contributed by atoms with Crippen molar-refractivity contribution in [1.29, 1.82) is 0 Å². The van der Waals surface area contributed by atoms with E-state index in [-0.39, 0.29) is 42.8 Å². The lowest BCUT2D eigenvalue weighted by atomic mass is 10.1. The molecule has 1 atom stereocenters. The number of nitrogens with zero attached hydrogens (tertiary/aromatic N) is 2. The maximum absolute atomic E-state index is 13.6. The topological polar surface area (TPSA) is 101 Å². The lowest BCUT2D eigenvalue weighted by Gasteiger charge is -2.26. The normalized spacial score (nSPS) is 17.7. The summed E-state index contributed by atoms with van der Waals surface area (Å²) in [5, 5.41) is 7.21. The second-order valence-corrected chi connectivity index (χ2v) is 9.88. The zero-order valence-corrected chi connectivity index (χ0v) is 21.8. The van der Waals surface area contributed by atoms with E-state index in [0.717, 1.165) is 5.39 Å². The summed E-state index contributed by atoms with van der Waals surface area (Å²) in [6, 6.07) is 13.7. The fraction of sp³-hybridized carbons (Fsp3) is 0.357. The van der Waals surface area contributed by atoms with Gasteiger partial charge in [0.2, 0.25) is 5.91 Å². The number of amides is 3. The number of fused-ring (bicyclic) bond motifs is 2. The van der Waals surface area contributed by atoms with Crippen LogP contribution in [0.1, 0.15) is 47.4 Å². The molecule has 1 aliphatic heterocycles. The van der Waals surface area contributed by atoms with E-state index in [4.69, 9.17) is 16.3 Å². The third kappa shape index (κ3) is 6.57. The van der Waals surface area contributed by atoms with E-state index in [9.17, 15) is 14.4 Å². The molecule has 0 saturated heterocycles. The Bertz CT molecular complexity index is 1290. The molecule has 0 fully saturated rings. The lowest BCUT2D eigenvalue weighted by molar-refractivity contribution is -0.123. The highest BCUT2D eigenvalue weighted by Gasteiger charge is 2.25. The van der Waals surface area contributed by atoms with Gasteiger partial charge in [-0.2, -0.15) is 0 Å². The largest absolute Gasteiger partial charge is 0.491 e. The Balaban J connectivity index is 1.59. The van der Waals surface area contributed by atoms with Crippen molar-refractivity contribution in [3.63, 3.8) is 0 Å². The predicted octanol–water partition coefficient (Wildman–Crippen LogP) is 4.07. The Labute approximate surface area is 221 Å². The van der Waals surface area contributed by atoms with Gasteiger partial charge in [0.25, 0.3) is 11.8 Å². The van der Waals surface area contributed by atoms with Gasteiger partial charge in [0.05, 0.1) is 29.2 Å². The van der Waals surface area contributed by atoms with Crippen LogP contribution in [0.4, 0.5) is 0 Å². The first-order chi connectivity index (χ1) is 17.8. The van der Waals surface area contributed by atoms with Crippen LogP contribution in [-0.2, 0) is 4.79 Å². The minimum atomic E-state index is -0.333. The molecule has 4 rings (SSSR count). The minimum absolute atomic E-state index is 0.0515. The molecule has 8 nitrogen and oxygen atoms in total. The van der Waals surface area contributed by atoms with E-state index >= 15 is 0 Å². The van der Waals surface area contributed by atoms with Gasteiger partial charge in [0.15, 0.2) is 0 Å². The van der Waals surface area contributed by atoms with E-state index in [1.54, 1.807) is 35.4 Å². The first kappa shape index (κ1) is 26.4. The molecular formula is C28H31ClN4O4. The van der Waals surface area contributed by atoms with Crippen molar-refractivity contribution in [3.05, 3.63) is 70.9 Å². The molecule has 0 spiro atoms. The van der Waals surface area contributed by atoms with Crippen molar-refractivity contribution >= 4 is 40.2 Å². The van der Waals surface area contributed by atoms with Crippen LogP contribution >= 0.6 is 11.6 Å². The van der Waals surface area contributed by atoms with E-state index in [0.29, 0.717) is 53.3 Å². The number of hydrogen-bond acceptors (Lipinski definition) is 5. The number of carbonyl (C=O) groups excluding carboxylic acids is 3. The maximum Gasteiger partial charge on any atom is 0.256 e. The molecule has 3 amide bonds. The van der Waals surface area contributed by atoms with Crippen LogP contribution in [0, 0.1) is 5.92 Å². The average molecular weight is 523 g/mol. The fourth-order valence-corrected chi connectivity index (χ4v) is 4.41. The standard InChI is InChI=1S/C28H31ClN4O4/c1-18(2)23-17-37-24-11-10-20(29)15-22(24)27(35)31-12-3-4-14-33(16-25(34)32-23)28(36)21-9-5-7-19-8-6-13-30-26(19)21/h5-11,13,15,18,23H,3-4,12,14,16-17H2,1-2H3,(H,31,35)(H,32,34)/t23-/m1/s1. The van der Waals surface area contributed by atoms with Crippen molar-refractivity contribution in [2.75, 3.05) is 26.2 Å². The molecule has 2 aromatic carbocycles. The van der Waals surface area contributed by atoms with Gasteiger partial charge in [-0.15, -0.1) is 0 Å². The summed E-state index contributed by atoms with van der Waals surface area (Å²) in [6.45, 7) is 4.78. The van der Waals surface area contributed by atoms with E-state index in [1.807, 2.05) is 38.1 Å². The SMILES string of the molecule is CC(C)[C@H]1COc2ccc(Cl)cc2C(=O)NCCCCN(C(=O)c2cccc3cccnc23)CC(=O)N1. The second-order valence-electron chi connectivity index (χ2n) is 9.44. The number of pyridine rings is 1. The average Bonchev–Trinajstić information content (AvgIpc) is 2.89. The summed E-state index contributed by atoms with van der Waals surface area (Å²) < 4.78 is 5.98. The Morgan fingerprint density at radius 3 is 2.76 bits per heavy atom. The smallest absolute Gasteiger partial charge is 0.256 e. The van der Waals surface area contributed by atoms with Crippen LogP contribution in [0.15, 0.2) is 54.7 Å². The molecule has 194 valence electrons. The number of hydrogen-bond donors (Lipinski definition) is 2. The summed E-state index contributed by atoms with van der Waals surface area (Å²) in [7, 11) is 0. The summed E-state index contributed by atoms with van der Waals surface area (Å²) >= 11 is 6.13. The maximum atomic E-state index is 13.6. The van der Waals surface area contributed by atoms with Gasteiger partial charge in [0, 0.05) is 29.7 Å². The van der Waals surface area contributed by atoms with Gasteiger partial charge in [0.1, 0.15) is 12.4 Å². The first-order valence-electron chi connectivity index (χ1n) is 12.5. The monoisotopic (exact) mass is 522 g/mol. The quantitative estimate of drug-likeness (QED) is 0.528. The van der Waals surface area contributed by atoms with E-state index < -0.39 is 0 Å². The van der Waals surface area contributed by atoms with Crippen molar-refractivity contribution in [2.24, 2.45) is 5.92 Å². The van der Waals surface area contributed by atoms with Gasteiger partial charge in [-0.3, -0.25) is 19.4 Å². The van der Waals surface area contributed by atoms with Crippen LogP contribution in [0.3, 0.4) is 0 Å². The van der Waals surface area contributed by atoms with Crippen LogP contribution < -0.4 is 15.4 Å². The Kier molecular flexibility index (Phi) is 8.61. The van der Waals surface area contributed by atoms with Crippen LogP contribution in [-0.4, -0.2) is 59.9 Å². The molecule has 0 unspecified atom stereocenters. The second kappa shape index (κ2) is 12.1. The number of benzene rings is 2. The molecule has 0 aliphatic carbocycles. The molecule has 0 bridgehead atoms. The number of ether oxygens (including phenoxy) is 1. The van der Waals surface area contributed by atoms with Crippen molar-refractivity contribution < 1.29 is 19.1 Å². The predicted molar refractivity (Wildman–Crippen MR) is 143 cm³/mol. The molecule has 1 aliphatic rings. The summed E-state index contributed by atoms with van der Waals surface area (Å²) in [6.07, 6.45) is 2.87. The Morgan fingerprint density at radius 2 is 1.95 bits per heavy atom. The number of aromatic nitrogens is 1. The molecule has 2 N–H and O–H groups in total. The Hall–Kier alpha value is -3.65. The van der Waals surface area contributed by atoms with Gasteiger partial charge in [-0.1, -0.05) is 43.6 Å². The summed E-state index contributed by atoms with van der Waals surface area (Å²) in [5.41, 5.74) is 1.40. The first-order valence-corrected chi connectivity index (χ1v) is 12.8. The molecule has 0 radical (unpaired) electrons. The van der Waals surface area contributed by atoms with Crippen LogP contribution in [0.25, 0.3) is 10.9 Å². The van der Waals surface area contributed by atoms with Gasteiger partial charge >= 0.3 is 0 Å². The van der Waals surface area contributed by atoms with Gasteiger partial charge in [-0.25, -0.2) is 0 Å². The molecule has 37 heavy (non-hydrogen) atoms. The molecular weight excluding hydrogens is 492 g/mol. The van der Waals surface area contributed by atoms with Crippen LogP contribution in [0.2, 0.25) is 5.02 Å². The highest BCUT2D eigenvalue weighted by Crippen LogP contribution is 2.24. The molecule has 1 aromatic heterocycles.